The van der Waals surface area contributed by atoms with Crippen LogP contribution in [0.25, 0.3) is 6.08 Å². The van der Waals surface area contributed by atoms with E-state index >= 15 is 0 Å². The molecule has 140 valence electrons. The van der Waals surface area contributed by atoms with Gasteiger partial charge >= 0.3 is 0 Å². The van der Waals surface area contributed by atoms with E-state index in [1.165, 1.54) is 17.4 Å². The van der Waals surface area contributed by atoms with Gasteiger partial charge in [-0.25, -0.2) is 13.1 Å². The lowest BCUT2D eigenvalue weighted by atomic mass is 10.2. The molecule has 5 nitrogen and oxygen atoms in total. The van der Waals surface area contributed by atoms with Crippen molar-refractivity contribution in [1.29, 1.82) is 0 Å². The predicted octanol–water partition coefficient (Wildman–Crippen LogP) is 3.65. The maximum absolute atomic E-state index is 12.1. The van der Waals surface area contributed by atoms with Crippen molar-refractivity contribution in [3.05, 3.63) is 62.1 Å². The van der Waals surface area contributed by atoms with Crippen LogP contribution in [0.4, 0.5) is 0 Å². The second kappa shape index (κ2) is 9.32. The Labute approximate surface area is 163 Å². The van der Waals surface area contributed by atoms with Crippen molar-refractivity contribution >= 4 is 44.9 Å². The fraction of sp³-hybridized carbons (Fsp3) is 0.278. The van der Waals surface area contributed by atoms with Crippen molar-refractivity contribution in [1.82, 2.24) is 9.62 Å². The van der Waals surface area contributed by atoms with E-state index in [2.05, 4.69) is 4.72 Å². The number of benzene rings is 1. The van der Waals surface area contributed by atoms with E-state index in [4.69, 9.17) is 11.6 Å². The van der Waals surface area contributed by atoms with Gasteiger partial charge in [0.05, 0.1) is 10.9 Å². The number of nitrogens with zero attached hydrogens (tertiary/aromatic N) is 1. The molecule has 0 unspecified atom stereocenters. The summed E-state index contributed by atoms with van der Waals surface area (Å²) in [5, 5.41) is 1.11. The molecule has 0 bridgehead atoms. The fourth-order valence-corrected chi connectivity index (χ4v) is 4.10. The lowest BCUT2D eigenvalue weighted by molar-refractivity contribution is -0.130. The van der Waals surface area contributed by atoms with Gasteiger partial charge in [0.25, 0.3) is 0 Å². The van der Waals surface area contributed by atoms with E-state index in [1.54, 1.807) is 18.0 Å². The molecule has 2 aromatic rings. The summed E-state index contributed by atoms with van der Waals surface area (Å²) < 4.78 is 27.0. The lowest BCUT2D eigenvalue weighted by Crippen LogP contribution is -2.31. The Kier molecular flexibility index (Phi) is 7.40. The van der Waals surface area contributed by atoms with Gasteiger partial charge in [0.2, 0.25) is 15.9 Å². The van der Waals surface area contributed by atoms with Crippen LogP contribution in [0.3, 0.4) is 0 Å². The van der Waals surface area contributed by atoms with E-state index in [0.29, 0.717) is 10.9 Å². The summed E-state index contributed by atoms with van der Waals surface area (Å²) in [4.78, 5) is 14.6. The molecule has 0 fully saturated rings. The molecule has 26 heavy (non-hydrogen) atoms. The summed E-state index contributed by atoms with van der Waals surface area (Å²) in [7, 11) is -1.90. The van der Waals surface area contributed by atoms with Gasteiger partial charge < -0.3 is 4.90 Å². The number of sulfonamides is 1. The van der Waals surface area contributed by atoms with Crippen molar-refractivity contribution in [2.24, 2.45) is 0 Å². The summed E-state index contributed by atoms with van der Waals surface area (Å²) in [5.74, 6) is -0.139. The average molecular weight is 413 g/mol. The Morgan fingerprint density at radius 3 is 2.54 bits per heavy atom. The van der Waals surface area contributed by atoms with Gasteiger partial charge in [-0.2, -0.15) is 0 Å². The Morgan fingerprint density at radius 1 is 1.23 bits per heavy atom. The number of aryl methyl sites for hydroxylation is 1. The van der Waals surface area contributed by atoms with Crippen LogP contribution in [-0.2, 0) is 21.4 Å². The minimum absolute atomic E-state index is 0.0505. The third-order valence-corrected chi connectivity index (χ3v) is 5.92. The van der Waals surface area contributed by atoms with Crippen molar-refractivity contribution in [3.8, 4) is 0 Å². The maximum Gasteiger partial charge on any atom is 0.233 e. The highest BCUT2D eigenvalue weighted by Crippen LogP contribution is 2.22. The Hall–Kier alpha value is -1.67. The normalized spacial score (nSPS) is 11.8. The van der Waals surface area contributed by atoms with Crippen LogP contribution in [0, 0.1) is 6.92 Å². The van der Waals surface area contributed by atoms with Crippen LogP contribution >= 0.6 is 22.9 Å². The number of carbonyl (C=O) groups is 1. The van der Waals surface area contributed by atoms with Crippen LogP contribution < -0.4 is 4.72 Å². The largest absolute Gasteiger partial charge is 0.341 e. The summed E-state index contributed by atoms with van der Waals surface area (Å²) in [6.45, 7) is 2.47. The third-order valence-electron chi connectivity index (χ3n) is 3.61. The van der Waals surface area contributed by atoms with Gasteiger partial charge in [0.15, 0.2) is 0 Å². The first kappa shape index (κ1) is 20.6. The first-order valence-corrected chi connectivity index (χ1v) is 10.7. The zero-order valence-electron chi connectivity index (χ0n) is 14.6. The number of amides is 1. The molecule has 0 spiro atoms. The third kappa shape index (κ3) is 6.92. The second-order valence-electron chi connectivity index (χ2n) is 5.86. The molecular weight excluding hydrogens is 392 g/mol. The number of nitrogens with one attached hydrogen (secondary N) is 1. The van der Waals surface area contributed by atoms with Crippen LogP contribution in [-0.4, -0.2) is 32.8 Å². The van der Waals surface area contributed by atoms with Crippen LogP contribution in [0.15, 0.2) is 41.8 Å². The van der Waals surface area contributed by atoms with Crippen molar-refractivity contribution < 1.29 is 13.2 Å². The maximum atomic E-state index is 12.1. The van der Waals surface area contributed by atoms with Crippen LogP contribution in [0.5, 0.6) is 0 Å². The smallest absolute Gasteiger partial charge is 0.233 e. The van der Waals surface area contributed by atoms with Gasteiger partial charge in [-0.15, -0.1) is 11.3 Å². The highest BCUT2D eigenvalue weighted by molar-refractivity contribution is 7.92. The molecule has 0 aliphatic heterocycles. The number of hydrogen-bond acceptors (Lipinski definition) is 4. The molecule has 8 heteroatoms. The minimum Gasteiger partial charge on any atom is -0.341 e. The Balaban J connectivity index is 1.79. The second-order valence-corrected chi connectivity index (χ2v) is 9.31. The Morgan fingerprint density at radius 2 is 1.92 bits per heavy atom. The summed E-state index contributed by atoms with van der Waals surface area (Å²) >= 11 is 7.29. The van der Waals surface area contributed by atoms with Gasteiger partial charge in [-0.05, 0) is 30.7 Å². The number of hydrogen-bond donors (Lipinski definition) is 1. The van der Waals surface area contributed by atoms with Gasteiger partial charge in [0, 0.05) is 30.3 Å². The number of thiophene rings is 1. The number of rotatable bonds is 8. The molecule has 2 rings (SSSR count). The van der Waals surface area contributed by atoms with Gasteiger partial charge in [-0.3, -0.25) is 4.79 Å². The molecule has 0 saturated heterocycles. The molecule has 1 N–H and O–H groups in total. The van der Waals surface area contributed by atoms with Crippen molar-refractivity contribution in [3.63, 3.8) is 0 Å². The molecule has 0 atom stereocenters. The molecule has 0 aliphatic carbocycles. The van der Waals surface area contributed by atoms with Crippen molar-refractivity contribution in [2.45, 2.75) is 19.9 Å². The summed E-state index contributed by atoms with van der Waals surface area (Å²) in [6.07, 6.45) is 1.61. The van der Waals surface area contributed by atoms with E-state index in [-0.39, 0.29) is 18.9 Å². The molecule has 0 saturated carbocycles. The highest BCUT2D eigenvalue weighted by Gasteiger charge is 2.12. The summed E-state index contributed by atoms with van der Waals surface area (Å²) in [6, 6.07) is 11.2. The van der Waals surface area contributed by atoms with E-state index in [9.17, 15) is 13.2 Å². The molecule has 1 amide bonds. The molecule has 0 radical (unpaired) electrons. The van der Waals surface area contributed by atoms with Crippen LogP contribution in [0.1, 0.15) is 22.4 Å². The predicted molar refractivity (Wildman–Crippen MR) is 108 cm³/mol. The monoisotopic (exact) mass is 412 g/mol. The molecule has 1 heterocycles. The molecular formula is C18H21ClN2O3S2. The zero-order valence-corrected chi connectivity index (χ0v) is 17.0. The van der Waals surface area contributed by atoms with Gasteiger partial charge in [-0.1, -0.05) is 41.4 Å². The quantitative estimate of drug-likeness (QED) is 0.719. The lowest BCUT2D eigenvalue weighted by Gasteiger charge is -2.16. The van der Waals surface area contributed by atoms with E-state index < -0.39 is 10.0 Å². The summed E-state index contributed by atoms with van der Waals surface area (Å²) in [5.41, 5.74) is 1.90. The first-order chi connectivity index (χ1) is 12.2. The zero-order chi connectivity index (χ0) is 19.2. The van der Waals surface area contributed by atoms with E-state index in [1.807, 2.05) is 37.3 Å². The van der Waals surface area contributed by atoms with Gasteiger partial charge in [0.1, 0.15) is 0 Å². The molecule has 1 aromatic carbocycles. The molecule has 0 aliphatic rings. The average Bonchev–Trinajstić information content (AvgIpc) is 2.99. The first-order valence-electron chi connectivity index (χ1n) is 7.98. The van der Waals surface area contributed by atoms with E-state index in [0.717, 1.165) is 21.4 Å². The minimum atomic E-state index is -3.58. The number of carbonyl (C=O) groups excluding carboxylic acids is 1. The fourth-order valence-electron chi connectivity index (χ4n) is 2.14. The van der Waals surface area contributed by atoms with Crippen molar-refractivity contribution in [2.75, 3.05) is 13.6 Å². The van der Waals surface area contributed by atoms with Crippen LogP contribution in [0.2, 0.25) is 4.34 Å². The molecule has 1 aromatic heterocycles. The SMILES string of the molecule is Cc1ccc(/C=C/S(=O)(=O)NCCC(=O)N(C)Cc2ccc(Cl)s2)cc1. The standard InChI is InChI=1S/C18H21ClN2O3S2/c1-14-3-5-15(6-4-14)10-12-26(23,24)20-11-9-18(22)21(2)13-16-7-8-17(19)25-16/h3-8,10,12,20H,9,11,13H2,1-2H3/b12-10+. The number of halogens is 1. The highest BCUT2D eigenvalue weighted by atomic mass is 35.5. The topological polar surface area (TPSA) is 66.5 Å². The Bertz CT molecular complexity index is 874.